The first-order valence-electron chi connectivity index (χ1n) is 7.22. The minimum atomic E-state index is -1.27. The van der Waals surface area contributed by atoms with Crippen LogP contribution in [0.15, 0.2) is 35.5 Å². The van der Waals surface area contributed by atoms with Crippen molar-refractivity contribution in [1.82, 2.24) is 5.32 Å². The van der Waals surface area contributed by atoms with Crippen molar-refractivity contribution in [1.29, 1.82) is 5.26 Å². The van der Waals surface area contributed by atoms with Crippen molar-refractivity contribution in [3.05, 3.63) is 46.1 Å². The van der Waals surface area contributed by atoms with Crippen LogP contribution in [0, 0.1) is 16.7 Å². The van der Waals surface area contributed by atoms with Crippen molar-refractivity contribution < 1.29 is 14.6 Å². The SMILES string of the molecule is COCC1NC(C)=C(C#N)C(c2ccccc2Cl)C1(C)C(=O)O. The molecule has 5 nitrogen and oxygen atoms in total. The number of hydrogen-bond acceptors (Lipinski definition) is 4. The molecule has 3 unspecified atom stereocenters. The molecule has 1 heterocycles. The number of carboxylic acid groups (broad SMARTS) is 1. The van der Waals surface area contributed by atoms with Gasteiger partial charge in [0.15, 0.2) is 0 Å². The number of nitriles is 1. The van der Waals surface area contributed by atoms with Crippen LogP contribution in [0.25, 0.3) is 0 Å². The van der Waals surface area contributed by atoms with E-state index >= 15 is 0 Å². The third-order valence-corrected chi connectivity index (χ3v) is 4.88. The zero-order valence-electron chi connectivity index (χ0n) is 13.3. The molecule has 0 radical (unpaired) electrons. The number of aliphatic carboxylic acids is 1. The number of halogens is 1. The molecule has 3 atom stereocenters. The van der Waals surface area contributed by atoms with Gasteiger partial charge in [-0.2, -0.15) is 5.26 Å². The molecule has 2 rings (SSSR count). The van der Waals surface area contributed by atoms with Crippen molar-refractivity contribution >= 4 is 17.6 Å². The third kappa shape index (κ3) is 2.80. The Hall–Kier alpha value is -2.03. The Kier molecular flexibility index (Phi) is 4.98. The lowest BCUT2D eigenvalue weighted by Crippen LogP contribution is -2.57. The summed E-state index contributed by atoms with van der Waals surface area (Å²) in [5, 5.41) is 23.1. The van der Waals surface area contributed by atoms with Gasteiger partial charge in [0.05, 0.1) is 29.7 Å². The molecule has 1 aliphatic heterocycles. The van der Waals surface area contributed by atoms with Crippen LogP contribution in [0.5, 0.6) is 0 Å². The van der Waals surface area contributed by atoms with E-state index in [2.05, 4.69) is 11.4 Å². The number of benzene rings is 1. The zero-order valence-corrected chi connectivity index (χ0v) is 14.0. The number of nitrogens with one attached hydrogen (secondary N) is 1. The van der Waals surface area contributed by atoms with Crippen LogP contribution in [0.4, 0.5) is 0 Å². The fraction of sp³-hybridized carbons (Fsp3) is 0.412. The lowest BCUT2D eigenvalue weighted by Gasteiger charge is -2.45. The van der Waals surface area contributed by atoms with E-state index in [1.54, 1.807) is 38.1 Å². The predicted molar refractivity (Wildman–Crippen MR) is 87.0 cm³/mol. The van der Waals surface area contributed by atoms with Gasteiger partial charge in [-0.3, -0.25) is 4.79 Å². The monoisotopic (exact) mass is 334 g/mol. The van der Waals surface area contributed by atoms with Gasteiger partial charge in [-0.05, 0) is 25.5 Å². The Bertz CT molecular complexity index is 695. The number of nitrogens with zero attached hydrogens (tertiary/aromatic N) is 1. The second-order valence-corrected chi connectivity index (χ2v) is 6.25. The second kappa shape index (κ2) is 6.61. The molecular weight excluding hydrogens is 316 g/mol. The molecule has 1 aromatic carbocycles. The highest BCUT2D eigenvalue weighted by atomic mass is 35.5. The molecule has 1 aliphatic rings. The van der Waals surface area contributed by atoms with E-state index in [1.165, 1.54) is 7.11 Å². The normalized spacial score (nSPS) is 27.3. The van der Waals surface area contributed by atoms with E-state index in [0.29, 0.717) is 21.9 Å². The van der Waals surface area contributed by atoms with E-state index in [0.717, 1.165) is 0 Å². The summed E-state index contributed by atoms with van der Waals surface area (Å²) in [6.45, 7) is 3.61. The molecule has 0 bridgehead atoms. The fourth-order valence-electron chi connectivity index (χ4n) is 3.20. The molecular formula is C17H19ClN2O3. The summed E-state index contributed by atoms with van der Waals surface area (Å²) in [6.07, 6.45) is 0. The van der Waals surface area contributed by atoms with Crippen molar-refractivity contribution in [2.24, 2.45) is 5.41 Å². The number of methoxy groups -OCH3 is 1. The van der Waals surface area contributed by atoms with Crippen LogP contribution < -0.4 is 5.32 Å². The predicted octanol–water partition coefficient (Wildman–Crippen LogP) is 2.93. The Morgan fingerprint density at radius 2 is 2.17 bits per heavy atom. The molecule has 0 saturated carbocycles. The van der Waals surface area contributed by atoms with Gasteiger partial charge >= 0.3 is 5.97 Å². The number of carboxylic acids is 1. The quantitative estimate of drug-likeness (QED) is 0.884. The highest BCUT2D eigenvalue weighted by Gasteiger charge is 2.53. The number of rotatable bonds is 4. The van der Waals surface area contributed by atoms with E-state index in [9.17, 15) is 15.2 Å². The molecule has 23 heavy (non-hydrogen) atoms. The van der Waals surface area contributed by atoms with Gasteiger partial charge in [-0.15, -0.1) is 0 Å². The minimum absolute atomic E-state index is 0.208. The minimum Gasteiger partial charge on any atom is -0.481 e. The average molecular weight is 335 g/mol. The molecule has 0 fully saturated rings. The molecule has 0 amide bonds. The molecule has 0 aromatic heterocycles. The summed E-state index contributed by atoms with van der Waals surface area (Å²) in [5.41, 5.74) is 0.400. The molecule has 6 heteroatoms. The lowest BCUT2D eigenvalue weighted by molar-refractivity contribution is -0.152. The van der Waals surface area contributed by atoms with E-state index in [-0.39, 0.29) is 6.61 Å². The lowest BCUT2D eigenvalue weighted by atomic mass is 9.63. The van der Waals surface area contributed by atoms with Gasteiger partial charge in [0.1, 0.15) is 0 Å². The Morgan fingerprint density at radius 1 is 1.52 bits per heavy atom. The smallest absolute Gasteiger partial charge is 0.312 e. The molecule has 0 saturated heterocycles. The van der Waals surface area contributed by atoms with Crippen molar-refractivity contribution in [2.75, 3.05) is 13.7 Å². The molecule has 2 N–H and O–H groups in total. The van der Waals surface area contributed by atoms with Gasteiger partial charge in [0.2, 0.25) is 0 Å². The highest BCUT2D eigenvalue weighted by molar-refractivity contribution is 6.31. The van der Waals surface area contributed by atoms with Crippen LogP contribution in [0.3, 0.4) is 0 Å². The van der Waals surface area contributed by atoms with E-state index in [4.69, 9.17) is 16.3 Å². The van der Waals surface area contributed by atoms with Gasteiger partial charge in [0, 0.05) is 23.7 Å². The van der Waals surface area contributed by atoms with Crippen molar-refractivity contribution in [3.63, 3.8) is 0 Å². The topological polar surface area (TPSA) is 82.3 Å². The first kappa shape index (κ1) is 17.3. The largest absolute Gasteiger partial charge is 0.481 e. The highest BCUT2D eigenvalue weighted by Crippen LogP contribution is 2.49. The summed E-state index contributed by atoms with van der Waals surface area (Å²) >= 11 is 6.31. The van der Waals surface area contributed by atoms with Gasteiger partial charge in [-0.1, -0.05) is 29.8 Å². The van der Waals surface area contributed by atoms with E-state index in [1.807, 2.05) is 0 Å². The van der Waals surface area contributed by atoms with Gasteiger partial charge in [-0.25, -0.2) is 0 Å². The third-order valence-electron chi connectivity index (χ3n) is 4.54. The molecule has 0 spiro atoms. The van der Waals surface area contributed by atoms with E-state index < -0.39 is 23.3 Å². The fourth-order valence-corrected chi connectivity index (χ4v) is 3.44. The van der Waals surface area contributed by atoms with Crippen LogP contribution in [0.1, 0.15) is 25.3 Å². The Balaban J connectivity index is 2.74. The Morgan fingerprint density at radius 3 is 2.70 bits per heavy atom. The van der Waals surface area contributed by atoms with Crippen LogP contribution >= 0.6 is 11.6 Å². The molecule has 122 valence electrons. The molecule has 0 aliphatic carbocycles. The van der Waals surface area contributed by atoms with Crippen LogP contribution in [-0.4, -0.2) is 30.8 Å². The maximum Gasteiger partial charge on any atom is 0.312 e. The number of ether oxygens (including phenoxy) is 1. The van der Waals surface area contributed by atoms with Crippen LogP contribution in [-0.2, 0) is 9.53 Å². The van der Waals surface area contributed by atoms with Gasteiger partial charge in [0.25, 0.3) is 0 Å². The summed E-state index contributed by atoms with van der Waals surface area (Å²) < 4.78 is 5.19. The zero-order chi connectivity index (χ0) is 17.2. The van der Waals surface area contributed by atoms with Crippen LogP contribution in [0.2, 0.25) is 5.02 Å². The number of allylic oxidation sites excluding steroid dienone is 2. The standard InChI is InChI=1S/C17H19ClN2O3/c1-10-12(8-19)15(11-6-4-5-7-13(11)18)17(2,16(21)22)14(20-10)9-23-3/h4-7,14-15,20H,9H2,1-3H3,(H,21,22). The first-order valence-corrected chi connectivity index (χ1v) is 7.59. The average Bonchev–Trinajstić information content (AvgIpc) is 2.51. The van der Waals surface area contributed by atoms with Crippen molar-refractivity contribution in [3.8, 4) is 6.07 Å². The Labute approximate surface area is 140 Å². The second-order valence-electron chi connectivity index (χ2n) is 5.85. The maximum absolute atomic E-state index is 12.2. The summed E-state index contributed by atoms with van der Waals surface area (Å²) in [7, 11) is 1.52. The number of hydrogen-bond donors (Lipinski definition) is 2. The molecule has 1 aromatic rings. The first-order chi connectivity index (χ1) is 10.9. The van der Waals surface area contributed by atoms with Crippen molar-refractivity contribution in [2.45, 2.75) is 25.8 Å². The summed E-state index contributed by atoms with van der Waals surface area (Å²) in [6, 6.07) is 8.72. The van der Waals surface area contributed by atoms with Gasteiger partial charge < -0.3 is 15.2 Å². The maximum atomic E-state index is 12.2. The summed E-state index contributed by atoms with van der Waals surface area (Å²) in [4.78, 5) is 12.2. The number of carbonyl (C=O) groups is 1. The summed E-state index contributed by atoms with van der Waals surface area (Å²) in [5.74, 6) is -1.66.